The van der Waals surface area contributed by atoms with Gasteiger partial charge in [-0.1, -0.05) is 267 Å². The highest BCUT2D eigenvalue weighted by Gasteiger charge is 2.48. The van der Waals surface area contributed by atoms with Crippen molar-refractivity contribution in [2.75, 3.05) is 9.80 Å². The van der Waals surface area contributed by atoms with Crippen molar-refractivity contribution in [3.05, 3.63) is 395 Å². The number of hydrogen-bond acceptors (Lipinski definition) is 2. The average molecular weight is 1100 g/mol. The SMILES string of the molecule is C(=Cc1ccc2c(c1)C(c1ccccc1)(c1ccccc1)c1cc(N(c3ccccc3)c3ccc4ccccc4c3)ccc1-2)c1ccc2c(c1)C(c1ccccc1)(c1ccccc1)c1cc(N(c3ccccc3)c3ccc4ccccc4c3)ccc1-2. The van der Waals surface area contributed by atoms with E-state index in [0.29, 0.717) is 0 Å². The van der Waals surface area contributed by atoms with Gasteiger partial charge in [-0.25, -0.2) is 0 Å². The van der Waals surface area contributed by atoms with E-state index in [4.69, 9.17) is 0 Å². The van der Waals surface area contributed by atoms with E-state index in [1.807, 2.05) is 0 Å². The topological polar surface area (TPSA) is 6.48 Å². The molecule has 0 aliphatic heterocycles. The predicted molar refractivity (Wildman–Crippen MR) is 361 cm³/mol. The van der Waals surface area contributed by atoms with Gasteiger partial charge in [0, 0.05) is 34.1 Å². The number of para-hydroxylation sites is 2. The molecule has 0 N–H and O–H groups in total. The Hall–Kier alpha value is -11.1. The molecule has 0 radical (unpaired) electrons. The summed E-state index contributed by atoms with van der Waals surface area (Å²) in [5.74, 6) is 0. The van der Waals surface area contributed by atoms with E-state index in [2.05, 4.69) is 362 Å². The first-order valence-corrected chi connectivity index (χ1v) is 29.8. The summed E-state index contributed by atoms with van der Waals surface area (Å²) in [5, 5.41) is 4.85. The van der Waals surface area contributed by atoms with Crippen LogP contribution in [0.25, 0.3) is 56.0 Å². The van der Waals surface area contributed by atoms with E-state index in [1.165, 1.54) is 88.3 Å². The Morgan fingerprint density at radius 1 is 0.198 bits per heavy atom. The fourth-order valence-corrected chi connectivity index (χ4v) is 14.3. The minimum Gasteiger partial charge on any atom is -0.310 e. The molecule has 0 atom stereocenters. The zero-order valence-corrected chi connectivity index (χ0v) is 47.4. The number of anilines is 6. The summed E-state index contributed by atoms with van der Waals surface area (Å²) >= 11 is 0. The maximum Gasteiger partial charge on any atom is 0.0714 e. The molecule has 0 saturated carbocycles. The zero-order valence-electron chi connectivity index (χ0n) is 47.4. The number of rotatable bonds is 12. The third-order valence-electron chi connectivity index (χ3n) is 18.1. The summed E-state index contributed by atoms with van der Waals surface area (Å²) in [7, 11) is 0. The third-order valence-corrected chi connectivity index (χ3v) is 18.1. The van der Waals surface area contributed by atoms with Crippen molar-refractivity contribution in [2.24, 2.45) is 0 Å². The Morgan fingerprint density at radius 3 is 0.814 bits per heavy atom. The van der Waals surface area contributed by atoms with Gasteiger partial charge in [-0.2, -0.15) is 0 Å². The van der Waals surface area contributed by atoms with Crippen molar-refractivity contribution in [2.45, 2.75) is 10.8 Å². The van der Waals surface area contributed by atoms with Crippen molar-refractivity contribution < 1.29 is 0 Å². The minimum atomic E-state index is -0.633. The van der Waals surface area contributed by atoms with Crippen LogP contribution in [-0.2, 0) is 10.8 Å². The summed E-state index contributed by atoms with van der Waals surface area (Å²) in [6.07, 6.45) is 4.64. The van der Waals surface area contributed by atoms with Gasteiger partial charge in [0.2, 0.25) is 0 Å². The standard InChI is InChI=1S/C84H58N2/c1-7-27-65(28-8-1)83(66-29-9-2-10-30-66)79-53-59(41-49-75(79)77-51-47-73(57-81(77)83)85(69-35-15-5-16-36-69)71-45-43-61-23-19-21-25-63(61)55-71)39-40-60-42-50-76-78-52-48-74(86(70-37-17-6-18-38-70)72-46-44-62-24-20-22-26-64(62)56-72)58-82(78)84(80(76)54-60,67-31-11-3-12-32-67)68-33-13-4-14-34-68/h1-58H. The first kappa shape index (κ1) is 50.6. The molecule has 0 saturated heterocycles. The van der Waals surface area contributed by atoms with Crippen LogP contribution in [0.15, 0.2) is 340 Å². The van der Waals surface area contributed by atoms with Crippen LogP contribution >= 0.6 is 0 Å². The quantitative estimate of drug-likeness (QED) is 0.113. The lowest BCUT2D eigenvalue weighted by molar-refractivity contribution is 0.768. The van der Waals surface area contributed by atoms with E-state index in [-0.39, 0.29) is 0 Å². The fourth-order valence-electron chi connectivity index (χ4n) is 14.3. The summed E-state index contributed by atoms with van der Waals surface area (Å²) in [6.45, 7) is 0. The molecule has 2 aliphatic carbocycles. The van der Waals surface area contributed by atoms with Gasteiger partial charge in [-0.15, -0.1) is 0 Å². The summed E-state index contributed by atoms with van der Waals surface area (Å²) < 4.78 is 0. The molecule has 2 aliphatic rings. The van der Waals surface area contributed by atoms with Crippen molar-refractivity contribution >= 4 is 67.8 Å². The number of nitrogens with zero attached hydrogens (tertiary/aromatic N) is 2. The van der Waals surface area contributed by atoms with E-state index < -0.39 is 10.8 Å². The predicted octanol–water partition coefficient (Wildman–Crippen LogP) is 21.8. The smallest absolute Gasteiger partial charge is 0.0714 e. The molecule has 0 aromatic heterocycles. The Morgan fingerprint density at radius 2 is 0.465 bits per heavy atom. The number of benzene rings is 14. The molecule has 0 unspecified atom stereocenters. The van der Waals surface area contributed by atoms with Crippen LogP contribution in [0, 0.1) is 0 Å². The van der Waals surface area contributed by atoms with Gasteiger partial charge in [0.25, 0.3) is 0 Å². The Bertz CT molecular complexity index is 4470. The molecule has 2 heteroatoms. The molecule has 16 rings (SSSR count). The molecule has 86 heavy (non-hydrogen) atoms. The van der Waals surface area contributed by atoms with Crippen LogP contribution in [0.1, 0.15) is 55.6 Å². The maximum absolute atomic E-state index is 2.47. The lowest BCUT2D eigenvalue weighted by Crippen LogP contribution is -2.29. The van der Waals surface area contributed by atoms with Crippen molar-refractivity contribution in [3.8, 4) is 22.3 Å². The highest BCUT2D eigenvalue weighted by molar-refractivity contribution is 5.95. The molecule has 14 aromatic rings. The van der Waals surface area contributed by atoms with Gasteiger partial charge < -0.3 is 9.80 Å². The summed E-state index contributed by atoms with van der Waals surface area (Å²) in [6, 6.07) is 126. The first-order chi connectivity index (χ1) is 42.6. The van der Waals surface area contributed by atoms with Gasteiger partial charge in [0.1, 0.15) is 0 Å². The van der Waals surface area contributed by atoms with Gasteiger partial charge >= 0.3 is 0 Å². The Kier molecular flexibility index (Phi) is 12.4. The van der Waals surface area contributed by atoms with Crippen LogP contribution in [0.3, 0.4) is 0 Å². The van der Waals surface area contributed by atoms with E-state index in [9.17, 15) is 0 Å². The first-order valence-electron chi connectivity index (χ1n) is 29.8. The van der Waals surface area contributed by atoms with Crippen LogP contribution in [0.2, 0.25) is 0 Å². The van der Waals surface area contributed by atoms with Crippen LogP contribution < -0.4 is 9.80 Å². The Labute approximate surface area is 503 Å². The minimum absolute atomic E-state index is 0.633. The zero-order chi connectivity index (χ0) is 57.0. The second-order valence-corrected chi connectivity index (χ2v) is 22.8. The molecule has 0 spiro atoms. The van der Waals surface area contributed by atoms with Crippen LogP contribution in [0.4, 0.5) is 34.1 Å². The lowest BCUT2D eigenvalue weighted by Gasteiger charge is -2.35. The van der Waals surface area contributed by atoms with E-state index >= 15 is 0 Å². The molecular formula is C84H58N2. The van der Waals surface area contributed by atoms with Gasteiger partial charge in [0.05, 0.1) is 10.8 Å². The second kappa shape index (κ2) is 21.0. The van der Waals surface area contributed by atoms with Crippen molar-refractivity contribution in [1.29, 1.82) is 0 Å². The van der Waals surface area contributed by atoms with Crippen molar-refractivity contribution in [1.82, 2.24) is 0 Å². The Balaban J connectivity index is 0.842. The van der Waals surface area contributed by atoms with Crippen molar-refractivity contribution in [3.63, 3.8) is 0 Å². The molecule has 0 heterocycles. The molecule has 0 bridgehead atoms. The average Bonchev–Trinajstić information content (AvgIpc) is 1.96. The number of hydrogen-bond donors (Lipinski definition) is 0. The molecule has 2 nitrogen and oxygen atoms in total. The molecular weight excluding hydrogens is 1040 g/mol. The van der Waals surface area contributed by atoms with Gasteiger partial charge in [0.15, 0.2) is 0 Å². The van der Waals surface area contributed by atoms with Gasteiger partial charge in [-0.05, 0) is 184 Å². The molecule has 0 amide bonds. The second-order valence-electron chi connectivity index (χ2n) is 22.8. The molecule has 404 valence electrons. The fraction of sp³-hybridized carbons (Fsp3) is 0.0238. The van der Waals surface area contributed by atoms with Crippen LogP contribution in [-0.4, -0.2) is 0 Å². The maximum atomic E-state index is 2.47. The number of fused-ring (bicyclic) bond motifs is 8. The molecule has 14 aromatic carbocycles. The van der Waals surface area contributed by atoms with E-state index in [0.717, 1.165) is 45.3 Å². The van der Waals surface area contributed by atoms with Gasteiger partial charge in [-0.3, -0.25) is 0 Å². The van der Waals surface area contributed by atoms with E-state index in [1.54, 1.807) is 0 Å². The normalized spacial score (nSPS) is 13.3. The molecule has 0 fully saturated rings. The summed E-state index contributed by atoms with van der Waals surface area (Å²) in [5.41, 5.74) is 22.6. The monoisotopic (exact) mass is 1090 g/mol. The summed E-state index contributed by atoms with van der Waals surface area (Å²) in [4.78, 5) is 4.82. The highest BCUT2D eigenvalue weighted by atomic mass is 15.1. The largest absolute Gasteiger partial charge is 0.310 e. The third kappa shape index (κ3) is 8.25. The van der Waals surface area contributed by atoms with Crippen LogP contribution in [0.5, 0.6) is 0 Å². The highest BCUT2D eigenvalue weighted by Crippen LogP contribution is 2.60. The lowest BCUT2D eigenvalue weighted by atomic mass is 9.67.